The fourth-order valence-electron chi connectivity index (χ4n) is 4.78. The van der Waals surface area contributed by atoms with Crippen molar-refractivity contribution in [2.45, 2.75) is 57.0 Å². The molecule has 4 amide bonds. The van der Waals surface area contributed by atoms with Crippen molar-refractivity contribution in [3.63, 3.8) is 0 Å². The van der Waals surface area contributed by atoms with Gasteiger partial charge in [-0.2, -0.15) is 0 Å². The Morgan fingerprint density at radius 2 is 1.87 bits per heavy atom. The van der Waals surface area contributed by atoms with Crippen molar-refractivity contribution < 1.29 is 19.2 Å². The number of carbonyl (C=O) groups excluding carboxylic acids is 4. The predicted octanol–water partition coefficient (Wildman–Crippen LogP) is 1.38. The second kappa shape index (κ2) is 9.80. The fraction of sp³-hybridized carbons (Fsp3) is 0.636. The summed E-state index contributed by atoms with van der Waals surface area (Å²) in [5, 5.41) is 7.43. The Morgan fingerprint density at radius 1 is 1.06 bits per heavy atom. The summed E-state index contributed by atoms with van der Waals surface area (Å²) < 4.78 is 0. The zero-order chi connectivity index (χ0) is 21.8. The predicted molar refractivity (Wildman–Crippen MR) is 116 cm³/mol. The van der Waals surface area contributed by atoms with Crippen LogP contribution >= 0.6 is 11.3 Å². The summed E-state index contributed by atoms with van der Waals surface area (Å²) in [7, 11) is 0. The molecule has 0 spiro atoms. The molecular weight excluding hydrogens is 416 g/mol. The molecule has 2 N–H and O–H groups in total. The van der Waals surface area contributed by atoms with Gasteiger partial charge in [-0.3, -0.25) is 19.2 Å². The Kier molecular flexibility index (Phi) is 6.89. The van der Waals surface area contributed by atoms with Gasteiger partial charge >= 0.3 is 0 Å². The van der Waals surface area contributed by atoms with Crippen LogP contribution in [0.3, 0.4) is 0 Å². The van der Waals surface area contributed by atoms with Crippen LogP contribution in [0, 0.1) is 5.92 Å². The van der Waals surface area contributed by atoms with Gasteiger partial charge in [-0.25, -0.2) is 0 Å². The average molecular weight is 447 g/mol. The highest BCUT2D eigenvalue weighted by Gasteiger charge is 2.40. The molecule has 3 aliphatic rings. The molecule has 1 aromatic heterocycles. The highest BCUT2D eigenvalue weighted by atomic mass is 32.1. The van der Waals surface area contributed by atoms with Crippen LogP contribution in [0.4, 0.5) is 0 Å². The van der Waals surface area contributed by atoms with Gasteiger partial charge in [0.15, 0.2) is 0 Å². The molecule has 1 aromatic rings. The van der Waals surface area contributed by atoms with Crippen LogP contribution in [0.15, 0.2) is 17.5 Å². The van der Waals surface area contributed by atoms with E-state index in [0.29, 0.717) is 30.9 Å². The molecule has 168 valence electrons. The lowest BCUT2D eigenvalue weighted by Crippen LogP contribution is -2.64. The number of thiophene rings is 1. The van der Waals surface area contributed by atoms with Gasteiger partial charge in [0, 0.05) is 25.6 Å². The molecule has 3 heterocycles. The number of piperidine rings is 1. The summed E-state index contributed by atoms with van der Waals surface area (Å²) in [6.45, 7) is 1.53. The number of carbonyl (C=O) groups is 4. The highest BCUT2D eigenvalue weighted by Crippen LogP contribution is 2.27. The molecule has 0 bridgehead atoms. The van der Waals surface area contributed by atoms with Crippen LogP contribution in [-0.4, -0.2) is 71.7 Å². The van der Waals surface area contributed by atoms with Gasteiger partial charge < -0.3 is 20.4 Å². The zero-order valence-corrected chi connectivity index (χ0v) is 18.5. The van der Waals surface area contributed by atoms with Crippen molar-refractivity contribution in [2.24, 2.45) is 5.92 Å². The monoisotopic (exact) mass is 446 g/mol. The zero-order valence-electron chi connectivity index (χ0n) is 17.7. The number of piperazine rings is 1. The van der Waals surface area contributed by atoms with E-state index in [2.05, 4.69) is 10.6 Å². The Hall–Kier alpha value is -2.42. The minimum Gasteiger partial charge on any atom is -0.354 e. The van der Waals surface area contributed by atoms with Crippen molar-refractivity contribution in [3.05, 3.63) is 22.4 Å². The van der Waals surface area contributed by atoms with E-state index in [-0.39, 0.29) is 36.1 Å². The van der Waals surface area contributed by atoms with Crippen molar-refractivity contribution in [1.82, 2.24) is 20.4 Å². The molecular formula is C22H30N4O4S. The van der Waals surface area contributed by atoms with Gasteiger partial charge in [-0.15, -0.1) is 11.3 Å². The van der Waals surface area contributed by atoms with Crippen LogP contribution in [0.1, 0.15) is 54.6 Å². The van der Waals surface area contributed by atoms with E-state index < -0.39 is 12.1 Å². The molecule has 0 aromatic carbocycles. The third kappa shape index (κ3) is 4.92. The summed E-state index contributed by atoms with van der Waals surface area (Å²) >= 11 is 1.34. The average Bonchev–Trinajstić information content (AvgIpc) is 3.35. The molecule has 3 fully saturated rings. The van der Waals surface area contributed by atoms with Crippen LogP contribution in [0.2, 0.25) is 0 Å². The number of hydrogen-bond donors (Lipinski definition) is 2. The van der Waals surface area contributed by atoms with E-state index in [0.717, 1.165) is 32.1 Å². The molecule has 2 unspecified atom stereocenters. The van der Waals surface area contributed by atoms with Crippen LogP contribution < -0.4 is 10.6 Å². The number of amides is 4. The molecule has 9 heteroatoms. The number of hydrogen-bond acceptors (Lipinski definition) is 5. The first kappa shape index (κ1) is 21.8. The number of nitrogens with one attached hydrogen (secondary N) is 2. The van der Waals surface area contributed by atoms with E-state index in [1.54, 1.807) is 15.9 Å². The van der Waals surface area contributed by atoms with E-state index in [4.69, 9.17) is 0 Å². The first-order chi connectivity index (χ1) is 15.0. The third-order valence-corrected chi connectivity index (χ3v) is 7.40. The minimum atomic E-state index is -0.800. The van der Waals surface area contributed by atoms with Crippen LogP contribution in [0.25, 0.3) is 0 Å². The maximum atomic E-state index is 13.2. The Labute approximate surface area is 186 Å². The first-order valence-corrected chi connectivity index (χ1v) is 12.1. The molecule has 31 heavy (non-hydrogen) atoms. The molecule has 4 rings (SSSR count). The maximum absolute atomic E-state index is 13.2. The lowest BCUT2D eigenvalue weighted by molar-refractivity contribution is -0.142. The minimum absolute atomic E-state index is 0.0149. The smallest absolute Gasteiger partial charge is 0.264 e. The second-order valence-electron chi connectivity index (χ2n) is 8.61. The quantitative estimate of drug-likeness (QED) is 0.730. The van der Waals surface area contributed by atoms with Gasteiger partial charge in [0.05, 0.1) is 11.4 Å². The molecule has 1 aliphatic carbocycles. The first-order valence-electron chi connectivity index (χ1n) is 11.3. The number of rotatable bonds is 4. The standard InChI is InChI=1S/C22H30N4O4S/c27-19-16(8-4-10-23-19)24-20(28)17-14-25(21(29)15-6-2-1-3-7-15)11-12-26(17)22(30)18-9-5-13-31-18/h5,9,13,15-17H,1-4,6-8,10-12,14H2,(H,23,27)(H,24,28). The normalized spacial score (nSPS) is 25.1. The maximum Gasteiger partial charge on any atom is 0.264 e. The Balaban J connectivity index is 1.50. The van der Waals surface area contributed by atoms with Crippen molar-refractivity contribution in [2.75, 3.05) is 26.2 Å². The van der Waals surface area contributed by atoms with Crippen LogP contribution in [0.5, 0.6) is 0 Å². The summed E-state index contributed by atoms with van der Waals surface area (Å²) in [5.41, 5.74) is 0. The SMILES string of the molecule is O=C1NCCCC1NC(=O)C1CN(C(=O)C2CCCCC2)CCN1C(=O)c1cccs1. The molecule has 8 nitrogen and oxygen atoms in total. The summed E-state index contributed by atoms with van der Waals surface area (Å²) in [6.07, 6.45) is 6.46. The van der Waals surface area contributed by atoms with Gasteiger partial charge in [-0.05, 0) is 37.1 Å². The third-order valence-electron chi connectivity index (χ3n) is 6.54. The van der Waals surface area contributed by atoms with E-state index in [1.807, 2.05) is 11.4 Å². The lowest BCUT2D eigenvalue weighted by atomic mass is 9.88. The molecule has 2 atom stereocenters. The number of nitrogens with zero attached hydrogens (tertiary/aromatic N) is 2. The topological polar surface area (TPSA) is 98.8 Å². The van der Waals surface area contributed by atoms with E-state index >= 15 is 0 Å². The fourth-order valence-corrected chi connectivity index (χ4v) is 5.46. The summed E-state index contributed by atoms with van der Waals surface area (Å²) in [4.78, 5) is 55.4. The van der Waals surface area contributed by atoms with Gasteiger partial charge in [0.1, 0.15) is 12.1 Å². The Morgan fingerprint density at radius 3 is 2.58 bits per heavy atom. The summed E-state index contributed by atoms with van der Waals surface area (Å²) in [5.74, 6) is -0.653. The molecule has 0 radical (unpaired) electrons. The molecule has 2 aliphatic heterocycles. The van der Waals surface area contributed by atoms with Gasteiger partial charge in [0.25, 0.3) is 5.91 Å². The van der Waals surface area contributed by atoms with Crippen LogP contribution in [-0.2, 0) is 14.4 Å². The van der Waals surface area contributed by atoms with Crippen molar-refractivity contribution in [3.8, 4) is 0 Å². The van der Waals surface area contributed by atoms with E-state index in [9.17, 15) is 19.2 Å². The van der Waals surface area contributed by atoms with E-state index in [1.165, 1.54) is 17.8 Å². The lowest BCUT2D eigenvalue weighted by Gasteiger charge is -2.42. The van der Waals surface area contributed by atoms with Crippen molar-refractivity contribution in [1.29, 1.82) is 0 Å². The Bertz CT molecular complexity index is 821. The van der Waals surface area contributed by atoms with Gasteiger partial charge in [-0.1, -0.05) is 25.3 Å². The summed E-state index contributed by atoms with van der Waals surface area (Å²) in [6, 6.07) is 2.16. The largest absolute Gasteiger partial charge is 0.354 e. The molecule has 2 saturated heterocycles. The second-order valence-corrected chi connectivity index (χ2v) is 9.55. The van der Waals surface area contributed by atoms with Gasteiger partial charge in [0.2, 0.25) is 17.7 Å². The van der Waals surface area contributed by atoms with Crippen molar-refractivity contribution >= 4 is 35.0 Å². The molecule has 1 saturated carbocycles. The highest BCUT2D eigenvalue weighted by molar-refractivity contribution is 7.12.